The summed E-state index contributed by atoms with van der Waals surface area (Å²) in [5.74, 6) is 1.62. The summed E-state index contributed by atoms with van der Waals surface area (Å²) in [6.45, 7) is 5.52. The van der Waals surface area contributed by atoms with E-state index < -0.39 is 0 Å². The lowest BCUT2D eigenvalue weighted by Crippen LogP contribution is -2.33. The fourth-order valence-corrected chi connectivity index (χ4v) is 3.65. The van der Waals surface area contributed by atoms with Crippen LogP contribution in [0.3, 0.4) is 0 Å². The van der Waals surface area contributed by atoms with Gasteiger partial charge in [-0.1, -0.05) is 30.3 Å². The molecule has 0 aliphatic carbocycles. The number of aromatic nitrogens is 1. The first kappa shape index (κ1) is 17.0. The highest BCUT2D eigenvalue weighted by atomic mass is 16.5. The summed E-state index contributed by atoms with van der Waals surface area (Å²) in [6, 6.07) is 12.9. The van der Waals surface area contributed by atoms with E-state index in [-0.39, 0.29) is 0 Å². The van der Waals surface area contributed by atoms with Gasteiger partial charge in [-0.2, -0.15) is 0 Å². The number of ether oxygens (including phenoxy) is 1. The van der Waals surface area contributed by atoms with E-state index in [4.69, 9.17) is 4.74 Å². The SMILES string of the molecule is COc1ncccc1CN1CCC(CCc2ccccc2C)CC1. The van der Waals surface area contributed by atoms with Crippen LogP contribution in [0.4, 0.5) is 0 Å². The molecule has 0 bridgehead atoms. The number of nitrogens with zero attached hydrogens (tertiary/aromatic N) is 2. The minimum Gasteiger partial charge on any atom is -0.481 e. The molecule has 0 unspecified atom stereocenters. The summed E-state index contributed by atoms with van der Waals surface area (Å²) in [4.78, 5) is 6.83. The van der Waals surface area contributed by atoms with Crippen molar-refractivity contribution in [2.75, 3.05) is 20.2 Å². The van der Waals surface area contributed by atoms with Gasteiger partial charge in [0, 0.05) is 18.3 Å². The molecule has 24 heavy (non-hydrogen) atoms. The van der Waals surface area contributed by atoms with Gasteiger partial charge in [-0.15, -0.1) is 0 Å². The highest BCUT2D eigenvalue weighted by Crippen LogP contribution is 2.25. The summed E-state index contributed by atoms with van der Waals surface area (Å²) in [6.07, 6.45) is 6.92. The van der Waals surface area contributed by atoms with E-state index in [1.807, 2.05) is 6.07 Å². The van der Waals surface area contributed by atoms with Gasteiger partial charge in [0.1, 0.15) is 0 Å². The Bertz CT molecular complexity index is 648. The maximum atomic E-state index is 5.37. The van der Waals surface area contributed by atoms with Gasteiger partial charge in [0.2, 0.25) is 5.88 Å². The third-order valence-electron chi connectivity index (χ3n) is 5.23. The van der Waals surface area contributed by atoms with Crippen molar-refractivity contribution in [3.05, 3.63) is 59.3 Å². The predicted molar refractivity (Wildman–Crippen MR) is 98.3 cm³/mol. The first-order valence-corrected chi connectivity index (χ1v) is 9.01. The Labute approximate surface area is 145 Å². The number of hydrogen-bond donors (Lipinski definition) is 0. The van der Waals surface area contributed by atoms with E-state index in [2.05, 4.69) is 47.1 Å². The first-order chi connectivity index (χ1) is 11.8. The van der Waals surface area contributed by atoms with Crippen molar-refractivity contribution in [3.63, 3.8) is 0 Å². The Kier molecular flexibility index (Phi) is 5.86. The van der Waals surface area contributed by atoms with Crippen molar-refractivity contribution in [2.24, 2.45) is 5.92 Å². The third-order valence-corrected chi connectivity index (χ3v) is 5.23. The van der Waals surface area contributed by atoms with Gasteiger partial charge in [-0.3, -0.25) is 4.90 Å². The Morgan fingerprint density at radius 2 is 1.83 bits per heavy atom. The van der Waals surface area contributed by atoms with Gasteiger partial charge in [-0.05, 0) is 68.8 Å². The number of methoxy groups -OCH3 is 1. The Morgan fingerprint density at radius 1 is 1.08 bits per heavy atom. The average molecular weight is 324 g/mol. The van der Waals surface area contributed by atoms with Crippen molar-refractivity contribution in [1.29, 1.82) is 0 Å². The third kappa shape index (κ3) is 4.35. The van der Waals surface area contributed by atoms with Crippen LogP contribution in [0, 0.1) is 12.8 Å². The van der Waals surface area contributed by atoms with Crippen LogP contribution in [0.2, 0.25) is 0 Å². The monoisotopic (exact) mass is 324 g/mol. The number of rotatable bonds is 6. The molecule has 1 aliphatic rings. The number of hydrogen-bond acceptors (Lipinski definition) is 3. The van der Waals surface area contributed by atoms with Crippen LogP contribution in [0.1, 0.15) is 36.0 Å². The molecule has 1 saturated heterocycles. The van der Waals surface area contributed by atoms with Crippen LogP contribution < -0.4 is 4.74 Å². The number of aryl methyl sites for hydroxylation is 2. The summed E-state index contributed by atoms with van der Waals surface area (Å²) < 4.78 is 5.37. The lowest BCUT2D eigenvalue weighted by Gasteiger charge is -2.32. The van der Waals surface area contributed by atoms with Crippen LogP contribution in [-0.2, 0) is 13.0 Å². The Morgan fingerprint density at radius 3 is 2.58 bits per heavy atom. The molecule has 2 heterocycles. The zero-order chi connectivity index (χ0) is 16.8. The summed E-state index contributed by atoms with van der Waals surface area (Å²) in [5, 5.41) is 0. The molecule has 0 saturated carbocycles. The molecule has 1 aromatic carbocycles. The fraction of sp³-hybridized carbons (Fsp3) is 0.476. The molecule has 1 aromatic heterocycles. The first-order valence-electron chi connectivity index (χ1n) is 9.01. The molecule has 0 atom stereocenters. The number of benzene rings is 1. The zero-order valence-corrected chi connectivity index (χ0v) is 14.9. The van der Waals surface area contributed by atoms with Crippen LogP contribution >= 0.6 is 0 Å². The second-order valence-corrected chi connectivity index (χ2v) is 6.86. The van der Waals surface area contributed by atoms with Gasteiger partial charge >= 0.3 is 0 Å². The molecule has 128 valence electrons. The molecule has 3 rings (SSSR count). The molecule has 3 nitrogen and oxygen atoms in total. The van der Waals surface area contributed by atoms with Gasteiger partial charge in [-0.25, -0.2) is 4.98 Å². The molecular formula is C21H28N2O. The van der Waals surface area contributed by atoms with E-state index in [0.29, 0.717) is 0 Å². The lowest BCUT2D eigenvalue weighted by molar-refractivity contribution is 0.170. The average Bonchev–Trinajstić information content (AvgIpc) is 2.63. The molecular weight excluding hydrogens is 296 g/mol. The van der Waals surface area contributed by atoms with E-state index in [0.717, 1.165) is 18.3 Å². The van der Waals surface area contributed by atoms with Gasteiger partial charge in [0.15, 0.2) is 0 Å². The largest absolute Gasteiger partial charge is 0.481 e. The van der Waals surface area contributed by atoms with Crippen molar-refractivity contribution < 1.29 is 4.74 Å². The van der Waals surface area contributed by atoms with Crippen molar-refractivity contribution in [2.45, 2.75) is 39.2 Å². The van der Waals surface area contributed by atoms with E-state index in [1.165, 1.54) is 55.5 Å². The van der Waals surface area contributed by atoms with Crippen LogP contribution in [0.5, 0.6) is 5.88 Å². The van der Waals surface area contributed by atoms with Crippen molar-refractivity contribution in [3.8, 4) is 5.88 Å². The number of piperidine rings is 1. The number of likely N-dealkylation sites (tertiary alicyclic amines) is 1. The second-order valence-electron chi connectivity index (χ2n) is 6.86. The lowest BCUT2D eigenvalue weighted by atomic mass is 9.89. The van der Waals surface area contributed by atoms with Gasteiger partial charge in [0.25, 0.3) is 0 Å². The van der Waals surface area contributed by atoms with Gasteiger partial charge < -0.3 is 4.74 Å². The Balaban J connectivity index is 1.47. The summed E-state index contributed by atoms with van der Waals surface area (Å²) >= 11 is 0. The minimum atomic E-state index is 0.763. The van der Waals surface area contributed by atoms with Crippen LogP contribution in [-0.4, -0.2) is 30.1 Å². The molecule has 1 aliphatic heterocycles. The smallest absolute Gasteiger partial charge is 0.217 e. The molecule has 0 spiro atoms. The molecule has 1 fully saturated rings. The second kappa shape index (κ2) is 8.29. The fourth-order valence-electron chi connectivity index (χ4n) is 3.65. The van der Waals surface area contributed by atoms with E-state index >= 15 is 0 Å². The Hall–Kier alpha value is -1.87. The van der Waals surface area contributed by atoms with Crippen molar-refractivity contribution >= 4 is 0 Å². The van der Waals surface area contributed by atoms with Crippen LogP contribution in [0.25, 0.3) is 0 Å². The molecule has 3 heteroatoms. The van der Waals surface area contributed by atoms with E-state index in [1.54, 1.807) is 13.3 Å². The quantitative estimate of drug-likeness (QED) is 0.794. The molecule has 0 amide bonds. The maximum Gasteiger partial charge on any atom is 0.217 e. The highest BCUT2D eigenvalue weighted by molar-refractivity contribution is 5.26. The summed E-state index contributed by atoms with van der Waals surface area (Å²) in [5.41, 5.74) is 4.14. The standard InChI is InChI=1S/C21H28N2O/c1-17-6-3-4-7-19(17)10-9-18-11-14-23(15-12-18)16-20-8-5-13-22-21(20)24-2/h3-8,13,18H,9-12,14-16H2,1-2H3. The molecule has 2 aromatic rings. The molecule has 0 radical (unpaired) electrons. The predicted octanol–water partition coefficient (Wildman–Crippen LogP) is 4.24. The van der Waals surface area contributed by atoms with Gasteiger partial charge in [0.05, 0.1) is 7.11 Å². The summed E-state index contributed by atoms with van der Waals surface area (Å²) in [7, 11) is 1.70. The number of pyridine rings is 1. The zero-order valence-electron chi connectivity index (χ0n) is 14.9. The highest BCUT2D eigenvalue weighted by Gasteiger charge is 2.20. The van der Waals surface area contributed by atoms with Crippen molar-refractivity contribution in [1.82, 2.24) is 9.88 Å². The van der Waals surface area contributed by atoms with E-state index in [9.17, 15) is 0 Å². The minimum absolute atomic E-state index is 0.763. The maximum absolute atomic E-state index is 5.37. The topological polar surface area (TPSA) is 25.4 Å². The normalized spacial score (nSPS) is 16.2. The van der Waals surface area contributed by atoms with Crippen LogP contribution in [0.15, 0.2) is 42.6 Å². The molecule has 0 N–H and O–H groups in total.